The summed E-state index contributed by atoms with van der Waals surface area (Å²) in [4.78, 5) is 2.60. The molecule has 0 radical (unpaired) electrons. The van der Waals surface area contributed by atoms with Gasteiger partial charge in [0.2, 0.25) is 0 Å². The van der Waals surface area contributed by atoms with Crippen molar-refractivity contribution in [2.75, 3.05) is 18.8 Å². The summed E-state index contributed by atoms with van der Waals surface area (Å²) < 4.78 is 0. The van der Waals surface area contributed by atoms with Crippen molar-refractivity contribution < 1.29 is 0 Å². The van der Waals surface area contributed by atoms with Gasteiger partial charge >= 0.3 is 0 Å². The minimum Gasteiger partial charge on any atom is -0.399 e. The van der Waals surface area contributed by atoms with E-state index in [2.05, 4.69) is 36.9 Å². The fraction of sp³-hybridized carbons (Fsp3) is 0.600. The zero-order valence-electron chi connectivity index (χ0n) is 11.0. The summed E-state index contributed by atoms with van der Waals surface area (Å²) in [6.45, 7) is 7.07. The summed E-state index contributed by atoms with van der Waals surface area (Å²) >= 11 is 0. The van der Waals surface area contributed by atoms with Crippen LogP contribution < -0.4 is 5.73 Å². The topological polar surface area (TPSA) is 29.3 Å². The molecule has 2 rings (SSSR count). The molecule has 2 heteroatoms. The summed E-state index contributed by atoms with van der Waals surface area (Å²) in [7, 11) is 0. The lowest BCUT2D eigenvalue weighted by molar-refractivity contribution is 0.129. The Morgan fingerprint density at radius 1 is 1.47 bits per heavy atom. The maximum atomic E-state index is 5.86. The monoisotopic (exact) mass is 232 g/mol. The van der Waals surface area contributed by atoms with Crippen LogP contribution in [0.2, 0.25) is 0 Å². The van der Waals surface area contributed by atoms with Crippen molar-refractivity contribution in [3.05, 3.63) is 29.8 Å². The van der Waals surface area contributed by atoms with Gasteiger partial charge < -0.3 is 5.73 Å². The fourth-order valence-electron chi connectivity index (χ4n) is 2.81. The number of likely N-dealkylation sites (tertiary alicyclic amines) is 1. The van der Waals surface area contributed by atoms with Crippen LogP contribution in [0.1, 0.15) is 44.7 Å². The number of nitrogens with two attached hydrogens (primary N) is 1. The van der Waals surface area contributed by atoms with Crippen LogP contribution in [0.25, 0.3) is 0 Å². The number of rotatable bonds is 3. The second-order valence-corrected chi connectivity index (χ2v) is 5.26. The second kappa shape index (κ2) is 5.54. The van der Waals surface area contributed by atoms with Crippen molar-refractivity contribution >= 4 is 5.69 Å². The molecule has 0 saturated carbocycles. The molecule has 1 aromatic carbocycles. The Morgan fingerprint density at radius 3 is 3.00 bits per heavy atom. The van der Waals surface area contributed by atoms with Crippen LogP contribution in [0.5, 0.6) is 0 Å². The Labute approximate surface area is 105 Å². The fourth-order valence-corrected chi connectivity index (χ4v) is 2.81. The highest BCUT2D eigenvalue weighted by atomic mass is 15.2. The summed E-state index contributed by atoms with van der Waals surface area (Å²) in [5.74, 6) is 0.882. The molecular formula is C15H24N2. The first-order chi connectivity index (χ1) is 8.20. The van der Waals surface area contributed by atoms with Gasteiger partial charge in [-0.3, -0.25) is 4.90 Å². The van der Waals surface area contributed by atoms with Gasteiger partial charge in [-0.25, -0.2) is 0 Å². The van der Waals surface area contributed by atoms with Crippen molar-refractivity contribution in [2.45, 2.75) is 39.2 Å². The molecule has 1 aliphatic rings. The number of hydrogen-bond acceptors (Lipinski definition) is 2. The third kappa shape index (κ3) is 3.01. The maximum Gasteiger partial charge on any atom is 0.0320 e. The number of hydrogen-bond donors (Lipinski definition) is 1. The number of piperidine rings is 1. The number of benzene rings is 1. The van der Waals surface area contributed by atoms with Crippen molar-refractivity contribution in [1.29, 1.82) is 0 Å². The molecule has 1 aromatic rings. The quantitative estimate of drug-likeness (QED) is 0.809. The SMILES string of the molecule is CCC1CCCN(C(C)c2cccc(N)c2)C1. The molecule has 2 unspecified atom stereocenters. The van der Waals surface area contributed by atoms with Crippen molar-refractivity contribution in [2.24, 2.45) is 5.92 Å². The predicted molar refractivity (Wildman–Crippen MR) is 73.9 cm³/mol. The van der Waals surface area contributed by atoms with E-state index in [1.165, 1.54) is 37.9 Å². The van der Waals surface area contributed by atoms with Crippen LogP contribution in [-0.2, 0) is 0 Å². The number of anilines is 1. The largest absolute Gasteiger partial charge is 0.399 e. The first-order valence-electron chi connectivity index (χ1n) is 6.80. The van der Waals surface area contributed by atoms with Gasteiger partial charge in [0.1, 0.15) is 0 Å². The molecule has 0 amide bonds. The highest BCUT2D eigenvalue weighted by molar-refractivity contribution is 5.41. The Bertz CT molecular complexity index is 362. The lowest BCUT2D eigenvalue weighted by atomic mass is 9.93. The summed E-state index contributed by atoms with van der Waals surface area (Å²) in [6.07, 6.45) is 4.04. The zero-order chi connectivity index (χ0) is 12.3. The molecule has 94 valence electrons. The highest BCUT2D eigenvalue weighted by Gasteiger charge is 2.23. The maximum absolute atomic E-state index is 5.86. The van der Waals surface area contributed by atoms with E-state index >= 15 is 0 Å². The first kappa shape index (κ1) is 12.4. The first-order valence-corrected chi connectivity index (χ1v) is 6.80. The van der Waals surface area contributed by atoms with Gasteiger partial charge in [0.25, 0.3) is 0 Å². The third-order valence-electron chi connectivity index (χ3n) is 4.07. The van der Waals surface area contributed by atoms with Crippen LogP contribution in [0.15, 0.2) is 24.3 Å². The molecule has 1 saturated heterocycles. The summed E-state index contributed by atoms with van der Waals surface area (Å²) in [5, 5.41) is 0. The van der Waals surface area contributed by atoms with Gasteiger partial charge in [-0.1, -0.05) is 25.5 Å². The average molecular weight is 232 g/mol. The molecule has 2 nitrogen and oxygen atoms in total. The summed E-state index contributed by atoms with van der Waals surface area (Å²) in [5.41, 5.74) is 8.08. The normalized spacial score (nSPS) is 23.5. The summed E-state index contributed by atoms with van der Waals surface area (Å²) in [6, 6.07) is 8.81. The van der Waals surface area contributed by atoms with Gasteiger partial charge in [0.05, 0.1) is 0 Å². The van der Waals surface area contributed by atoms with Gasteiger partial charge in [0, 0.05) is 18.3 Å². The Balaban J connectivity index is 2.06. The predicted octanol–water partition coefficient (Wildman–Crippen LogP) is 3.45. The van der Waals surface area contributed by atoms with E-state index in [1.807, 2.05) is 6.07 Å². The van der Waals surface area contributed by atoms with Crippen molar-refractivity contribution in [3.8, 4) is 0 Å². The molecule has 0 spiro atoms. The van der Waals surface area contributed by atoms with Gasteiger partial charge in [-0.2, -0.15) is 0 Å². The smallest absolute Gasteiger partial charge is 0.0320 e. The van der Waals surface area contributed by atoms with Crippen LogP contribution in [-0.4, -0.2) is 18.0 Å². The highest BCUT2D eigenvalue weighted by Crippen LogP contribution is 2.28. The molecule has 0 aliphatic carbocycles. The molecule has 17 heavy (non-hydrogen) atoms. The standard InChI is InChI=1S/C15H24N2/c1-3-13-6-5-9-17(11-13)12(2)14-7-4-8-15(16)10-14/h4,7-8,10,12-13H,3,5-6,9,11,16H2,1-2H3. The molecule has 2 N–H and O–H groups in total. The van der Waals surface area contributed by atoms with Gasteiger partial charge in [-0.15, -0.1) is 0 Å². The minimum absolute atomic E-state index is 0.493. The Kier molecular flexibility index (Phi) is 4.06. The van der Waals surface area contributed by atoms with E-state index in [9.17, 15) is 0 Å². The molecule has 1 aliphatic heterocycles. The lowest BCUT2D eigenvalue weighted by Crippen LogP contribution is -2.37. The number of nitrogen functional groups attached to an aromatic ring is 1. The van der Waals surface area contributed by atoms with E-state index in [0.29, 0.717) is 6.04 Å². The van der Waals surface area contributed by atoms with Gasteiger partial charge in [-0.05, 0) is 49.9 Å². The number of nitrogens with zero attached hydrogens (tertiary/aromatic N) is 1. The molecule has 0 bridgehead atoms. The van der Waals surface area contributed by atoms with E-state index in [4.69, 9.17) is 5.73 Å². The van der Waals surface area contributed by atoms with Crippen molar-refractivity contribution in [3.63, 3.8) is 0 Å². The second-order valence-electron chi connectivity index (χ2n) is 5.26. The molecule has 2 atom stereocenters. The van der Waals surface area contributed by atoms with E-state index < -0.39 is 0 Å². The van der Waals surface area contributed by atoms with Crippen LogP contribution in [0.4, 0.5) is 5.69 Å². The van der Waals surface area contributed by atoms with Crippen molar-refractivity contribution in [1.82, 2.24) is 4.90 Å². The van der Waals surface area contributed by atoms with Crippen LogP contribution in [0, 0.1) is 5.92 Å². The van der Waals surface area contributed by atoms with E-state index in [-0.39, 0.29) is 0 Å². The zero-order valence-corrected chi connectivity index (χ0v) is 11.0. The molecule has 1 fully saturated rings. The minimum atomic E-state index is 0.493. The molecule has 0 aromatic heterocycles. The molecule has 1 heterocycles. The lowest BCUT2D eigenvalue weighted by Gasteiger charge is -2.36. The average Bonchev–Trinajstić information content (AvgIpc) is 2.38. The van der Waals surface area contributed by atoms with Crippen LogP contribution in [0.3, 0.4) is 0 Å². The Hall–Kier alpha value is -1.02. The third-order valence-corrected chi connectivity index (χ3v) is 4.07. The van der Waals surface area contributed by atoms with Crippen LogP contribution >= 0.6 is 0 Å². The Morgan fingerprint density at radius 2 is 2.29 bits per heavy atom. The van der Waals surface area contributed by atoms with E-state index in [0.717, 1.165) is 11.6 Å². The van der Waals surface area contributed by atoms with E-state index in [1.54, 1.807) is 0 Å². The molecular weight excluding hydrogens is 208 g/mol. The van der Waals surface area contributed by atoms with Gasteiger partial charge in [0.15, 0.2) is 0 Å².